The number of carbonyl (C=O) groups excluding carboxylic acids is 1. The highest BCUT2D eigenvalue weighted by Gasteiger charge is 2.22. The summed E-state index contributed by atoms with van der Waals surface area (Å²) in [4.78, 5) is 22.5. The smallest absolute Gasteiger partial charge is 0.230 e. The quantitative estimate of drug-likeness (QED) is 0.634. The minimum atomic E-state index is -0.173. The number of hydrogen-bond acceptors (Lipinski definition) is 5. The number of nitrogens with zero attached hydrogens (tertiary/aromatic N) is 3. The topological polar surface area (TPSA) is 58.1 Å². The number of aromatic nitrogens is 2. The zero-order valence-corrected chi connectivity index (χ0v) is 14.7. The summed E-state index contributed by atoms with van der Waals surface area (Å²) in [6.45, 7) is 2.24. The van der Waals surface area contributed by atoms with E-state index in [0.29, 0.717) is 23.0 Å². The van der Waals surface area contributed by atoms with Gasteiger partial charge in [0.1, 0.15) is 5.82 Å². The van der Waals surface area contributed by atoms with Crippen molar-refractivity contribution in [1.82, 2.24) is 20.2 Å². The molecule has 3 rings (SSSR count). The number of hydrogen-bond donors (Lipinski definition) is 1. The molecule has 1 N–H and O–H groups in total. The largest absolute Gasteiger partial charge is 0.351 e. The van der Waals surface area contributed by atoms with E-state index in [2.05, 4.69) is 20.2 Å². The molecule has 1 atom stereocenters. The Hall–Kier alpha value is -1.99. The second kappa shape index (κ2) is 8.92. The Bertz CT molecular complexity index is 700. The highest BCUT2D eigenvalue weighted by Crippen LogP contribution is 2.16. The van der Waals surface area contributed by atoms with Crippen LogP contribution in [0.5, 0.6) is 0 Å². The van der Waals surface area contributed by atoms with Gasteiger partial charge in [-0.05, 0) is 31.5 Å². The van der Waals surface area contributed by atoms with Crippen LogP contribution in [0.3, 0.4) is 0 Å². The van der Waals surface area contributed by atoms with Crippen molar-refractivity contribution in [2.24, 2.45) is 0 Å². The molecule has 1 aliphatic heterocycles. The van der Waals surface area contributed by atoms with Gasteiger partial charge in [-0.15, -0.1) is 0 Å². The molecule has 0 spiro atoms. The second-order valence-corrected chi connectivity index (χ2v) is 7.00. The molecule has 2 heterocycles. The van der Waals surface area contributed by atoms with Crippen molar-refractivity contribution in [3.63, 3.8) is 0 Å². The highest BCUT2D eigenvalue weighted by atomic mass is 32.2. The van der Waals surface area contributed by atoms with Crippen LogP contribution in [0.1, 0.15) is 18.4 Å². The molecule has 132 valence electrons. The zero-order valence-electron chi connectivity index (χ0n) is 13.9. The lowest BCUT2D eigenvalue weighted by Gasteiger charge is -2.33. The molecule has 1 aromatic heterocycles. The maximum absolute atomic E-state index is 13.8. The van der Waals surface area contributed by atoms with Gasteiger partial charge in [-0.25, -0.2) is 14.4 Å². The van der Waals surface area contributed by atoms with E-state index in [1.807, 2.05) is 12.1 Å². The van der Waals surface area contributed by atoms with Crippen molar-refractivity contribution in [2.75, 3.05) is 18.8 Å². The molecular formula is C18H21FN4OS. The summed E-state index contributed by atoms with van der Waals surface area (Å²) in [5, 5.41) is 3.67. The van der Waals surface area contributed by atoms with E-state index < -0.39 is 0 Å². The summed E-state index contributed by atoms with van der Waals surface area (Å²) in [5.74, 6) is 0.108. The van der Waals surface area contributed by atoms with Crippen molar-refractivity contribution >= 4 is 17.7 Å². The lowest BCUT2D eigenvalue weighted by molar-refractivity contribution is -0.119. The van der Waals surface area contributed by atoms with Crippen LogP contribution in [0, 0.1) is 5.82 Å². The summed E-state index contributed by atoms with van der Waals surface area (Å²) in [5.41, 5.74) is 0.700. The summed E-state index contributed by atoms with van der Waals surface area (Å²) in [6, 6.07) is 8.70. The Morgan fingerprint density at radius 3 is 2.88 bits per heavy atom. The minimum absolute atomic E-state index is 0.0183. The van der Waals surface area contributed by atoms with Gasteiger partial charge >= 0.3 is 0 Å². The van der Waals surface area contributed by atoms with E-state index in [4.69, 9.17) is 0 Å². The SMILES string of the molecule is O=C(CSc1ncccn1)NC1CCCN(Cc2ccccc2F)C1. The first kappa shape index (κ1) is 17.8. The Morgan fingerprint density at radius 2 is 2.08 bits per heavy atom. The third kappa shape index (κ3) is 5.51. The van der Waals surface area contributed by atoms with Crippen LogP contribution in [-0.2, 0) is 11.3 Å². The number of nitrogens with one attached hydrogen (secondary N) is 1. The van der Waals surface area contributed by atoms with Crippen molar-refractivity contribution < 1.29 is 9.18 Å². The Labute approximate surface area is 151 Å². The van der Waals surface area contributed by atoms with Gasteiger partial charge in [0.05, 0.1) is 5.75 Å². The molecule has 0 radical (unpaired) electrons. The first-order chi connectivity index (χ1) is 12.2. The summed E-state index contributed by atoms with van der Waals surface area (Å²) < 4.78 is 13.8. The summed E-state index contributed by atoms with van der Waals surface area (Å²) >= 11 is 1.33. The number of amides is 1. The normalized spacial score (nSPS) is 18.0. The number of carbonyl (C=O) groups is 1. The molecule has 1 saturated heterocycles. The third-order valence-corrected chi connectivity index (χ3v) is 4.97. The molecule has 5 nitrogen and oxygen atoms in total. The molecular weight excluding hydrogens is 339 g/mol. The highest BCUT2D eigenvalue weighted by molar-refractivity contribution is 7.99. The molecule has 7 heteroatoms. The van der Waals surface area contributed by atoms with Crippen LogP contribution in [0.2, 0.25) is 0 Å². The lowest BCUT2D eigenvalue weighted by Crippen LogP contribution is -2.47. The third-order valence-electron chi connectivity index (χ3n) is 4.10. The van der Waals surface area contributed by atoms with Crippen LogP contribution in [0.15, 0.2) is 47.9 Å². The predicted octanol–water partition coefficient (Wildman–Crippen LogP) is 2.49. The summed E-state index contributed by atoms with van der Waals surface area (Å²) in [7, 11) is 0. The molecule has 1 fully saturated rings. The fourth-order valence-electron chi connectivity index (χ4n) is 2.94. The van der Waals surface area contributed by atoms with Crippen LogP contribution < -0.4 is 5.32 Å². The zero-order chi connectivity index (χ0) is 17.5. The van der Waals surface area contributed by atoms with Gasteiger partial charge < -0.3 is 5.32 Å². The summed E-state index contributed by atoms with van der Waals surface area (Å²) in [6.07, 6.45) is 5.27. The molecule has 0 aliphatic carbocycles. The minimum Gasteiger partial charge on any atom is -0.351 e. The molecule has 1 aromatic carbocycles. The number of likely N-dealkylation sites (tertiary alicyclic amines) is 1. The Kier molecular flexibility index (Phi) is 6.36. The van der Waals surface area contributed by atoms with Crippen molar-refractivity contribution in [3.8, 4) is 0 Å². The molecule has 0 bridgehead atoms. The van der Waals surface area contributed by atoms with E-state index in [-0.39, 0.29) is 17.8 Å². The van der Waals surface area contributed by atoms with Gasteiger partial charge in [0.25, 0.3) is 0 Å². The van der Waals surface area contributed by atoms with Gasteiger partial charge in [-0.1, -0.05) is 30.0 Å². The lowest BCUT2D eigenvalue weighted by atomic mass is 10.0. The number of halogens is 1. The fraction of sp³-hybridized carbons (Fsp3) is 0.389. The molecule has 25 heavy (non-hydrogen) atoms. The van der Waals surface area contributed by atoms with Gasteiger partial charge in [0.15, 0.2) is 5.16 Å². The van der Waals surface area contributed by atoms with Crippen molar-refractivity contribution in [2.45, 2.75) is 30.6 Å². The van der Waals surface area contributed by atoms with Gasteiger partial charge in [-0.2, -0.15) is 0 Å². The van der Waals surface area contributed by atoms with Gasteiger partial charge in [-0.3, -0.25) is 9.69 Å². The number of benzene rings is 1. The van der Waals surface area contributed by atoms with Gasteiger partial charge in [0, 0.05) is 37.1 Å². The van der Waals surface area contributed by atoms with Crippen molar-refractivity contribution in [1.29, 1.82) is 0 Å². The molecule has 1 aliphatic rings. The molecule has 0 saturated carbocycles. The predicted molar refractivity (Wildman–Crippen MR) is 95.6 cm³/mol. The number of thioether (sulfide) groups is 1. The van der Waals surface area contributed by atoms with E-state index in [9.17, 15) is 9.18 Å². The van der Waals surface area contributed by atoms with E-state index in [0.717, 1.165) is 25.9 Å². The first-order valence-corrected chi connectivity index (χ1v) is 9.34. The number of rotatable bonds is 6. The Morgan fingerprint density at radius 1 is 1.28 bits per heavy atom. The van der Waals surface area contributed by atoms with Crippen LogP contribution in [-0.4, -0.2) is 45.7 Å². The van der Waals surface area contributed by atoms with E-state index in [1.54, 1.807) is 24.5 Å². The van der Waals surface area contributed by atoms with Crippen LogP contribution >= 0.6 is 11.8 Å². The van der Waals surface area contributed by atoms with Crippen molar-refractivity contribution in [3.05, 3.63) is 54.1 Å². The molecule has 1 amide bonds. The molecule has 2 aromatic rings. The van der Waals surface area contributed by atoms with E-state index >= 15 is 0 Å². The number of piperidine rings is 1. The average Bonchev–Trinajstić information content (AvgIpc) is 2.63. The second-order valence-electron chi connectivity index (χ2n) is 6.05. The maximum atomic E-state index is 13.8. The van der Waals surface area contributed by atoms with Crippen LogP contribution in [0.4, 0.5) is 4.39 Å². The molecule has 1 unspecified atom stereocenters. The van der Waals surface area contributed by atoms with Gasteiger partial charge in [0.2, 0.25) is 5.91 Å². The standard InChI is InChI=1S/C18H21FN4OS/c19-16-7-2-1-5-14(16)11-23-10-3-6-15(12-23)22-17(24)13-25-18-20-8-4-9-21-18/h1-2,4-5,7-9,15H,3,6,10-13H2,(H,22,24). The Balaban J connectivity index is 1.46. The maximum Gasteiger partial charge on any atom is 0.230 e. The first-order valence-electron chi connectivity index (χ1n) is 8.35. The fourth-order valence-corrected chi connectivity index (χ4v) is 3.56. The van der Waals surface area contributed by atoms with E-state index in [1.165, 1.54) is 17.8 Å². The monoisotopic (exact) mass is 360 g/mol. The van der Waals surface area contributed by atoms with Crippen LogP contribution in [0.25, 0.3) is 0 Å². The average molecular weight is 360 g/mol.